The molecular weight excluding hydrogens is 369 g/mol. The van der Waals surface area contributed by atoms with Crippen molar-refractivity contribution in [1.29, 1.82) is 0 Å². The number of ether oxygens (including phenoxy) is 1. The molecule has 0 aliphatic heterocycles. The van der Waals surface area contributed by atoms with Crippen LogP contribution in [0.5, 0.6) is 5.75 Å². The molecule has 0 saturated heterocycles. The van der Waals surface area contributed by atoms with Crippen LogP contribution in [0, 0.1) is 0 Å². The molecule has 2 N–H and O–H groups in total. The molecule has 2 rings (SSSR count). The molecule has 0 atom stereocenters. The maximum absolute atomic E-state index is 12.4. The molecule has 1 aromatic rings. The SMILES string of the molecule is FC(F)(F)Oc1cc(Br)ccc1NC(=S)NC1CCCC1. The largest absolute Gasteiger partial charge is 0.573 e. The van der Waals surface area contributed by atoms with Crippen LogP contribution in [0.15, 0.2) is 22.7 Å². The predicted octanol–water partition coefficient (Wildman–Crippen LogP) is 4.58. The highest BCUT2D eigenvalue weighted by atomic mass is 79.9. The van der Waals surface area contributed by atoms with E-state index in [0.29, 0.717) is 9.59 Å². The van der Waals surface area contributed by atoms with Crippen LogP contribution >= 0.6 is 28.1 Å². The van der Waals surface area contributed by atoms with Crippen molar-refractivity contribution in [1.82, 2.24) is 5.32 Å². The summed E-state index contributed by atoms with van der Waals surface area (Å²) in [6.45, 7) is 0. The molecule has 1 aliphatic rings. The Morgan fingerprint density at radius 2 is 1.95 bits per heavy atom. The van der Waals surface area contributed by atoms with Crippen LogP contribution in [0.3, 0.4) is 0 Å². The quantitative estimate of drug-likeness (QED) is 0.749. The van der Waals surface area contributed by atoms with Gasteiger partial charge in [0.15, 0.2) is 10.9 Å². The minimum atomic E-state index is -4.75. The standard InChI is InChI=1S/C13H14BrF3N2OS/c14-8-5-6-10(11(7-8)20-13(15,16)17)19-12(21)18-9-3-1-2-4-9/h5-7,9H,1-4H2,(H2,18,19,21). The van der Waals surface area contributed by atoms with Crippen molar-refractivity contribution in [2.75, 3.05) is 5.32 Å². The van der Waals surface area contributed by atoms with Crippen LogP contribution in [0.2, 0.25) is 0 Å². The third kappa shape index (κ3) is 5.35. The minimum absolute atomic E-state index is 0.172. The van der Waals surface area contributed by atoms with Gasteiger partial charge in [0.25, 0.3) is 0 Å². The van der Waals surface area contributed by atoms with E-state index in [-0.39, 0.29) is 17.5 Å². The Labute approximate surface area is 134 Å². The van der Waals surface area contributed by atoms with E-state index in [9.17, 15) is 13.2 Å². The predicted molar refractivity (Wildman–Crippen MR) is 82.4 cm³/mol. The molecule has 0 radical (unpaired) electrons. The number of hydrogen-bond acceptors (Lipinski definition) is 2. The van der Waals surface area contributed by atoms with E-state index in [1.165, 1.54) is 12.1 Å². The van der Waals surface area contributed by atoms with Crippen molar-refractivity contribution >= 4 is 38.9 Å². The first kappa shape index (κ1) is 16.4. The Kier molecular flexibility index (Phi) is 5.32. The lowest BCUT2D eigenvalue weighted by molar-refractivity contribution is -0.274. The number of rotatable bonds is 3. The van der Waals surface area contributed by atoms with Gasteiger partial charge in [-0.3, -0.25) is 0 Å². The van der Waals surface area contributed by atoms with E-state index in [4.69, 9.17) is 12.2 Å². The number of thiocarbonyl (C=S) groups is 1. The summed E-state index contributed by atoms with van der Waals surface area (Å²) in [7, 11) is 0. The molecule has 1 fully saturated rings. The molecule has 116 valence electrons. The number of halogens is 4. The maximum Gasteiger partial charge on any atom is 0.573 e. The van der Waals surface area contributed by atoms with Crippen molar-refractivity contribution < 1.29 is 17.9 Å². The Bertz CT molecular complexity index is 519. The first-order chi connectivity index (χ1) is 9.83. The molecule has 0 aromatic heterocycles. The van der Waals surface area contributed by atoms with Crippen LogP contribution in [0.1, 0.15) is 25.7 Å². The Hall–Kier alpha value is -1.02. The molecule has 21 heavy (non-hydrogen) atoms. The maximum atomic E-state index is 12.4. The zero-order valence-electron chi connectivity index (χ0n) is 11.0. The lowest BCUT2D eigenvalue weighted by atomic mass is 10.2. The molecule has 1 saturated carbocycles. The number of benzene rings is 1. The zero-order chi connectivity index (χ0) is 15.5. The first-order valence-corrected chi connectivity index (χ1v) is 7.66. The summed E-state index contributed by atoms with van der Waals surface area (Å²) < 4.78 is 41.7. The summed E-state index contributed by atoms with van der Waals surface area (Å²) >= 11 is 8.25. The summed E-state index contributed by atoms with van der Waals surface area (Å²) in [6, 6.07) is 4.62. The summed E-state index contributed by atoms with van der Waals surface area (Å²) in [5.74, 6) is -0.326. The summed E-state index contributed by atoms with van der Waals surface area (Å²) in [6.07, 6.45) is -0.429. The fourth-order valence-electron chi connectivity index (χ4n) is 2.22. The van der Waals surface area contributed by atoms with E-state index in [0.717, 1.165) is 25.7 Å². The lowest BCUT2D eigenvalue weighted by Crippen LogP contribution is -2.36. The second-order valence-electron chi connectivity index (χ2n) is 4.77. The molecule has 0 unspecified atom stereocenters. The van der Waals surface area contributed by atoms with Gasteiger partial charge in [-0.2, -0.15) is 0 Å². The molecule has 0 heterocycles. The van der Waals surface area contributed by atoms with E-state index >= 15 is 0 Å². The van der Waals surface area contributed by atoms with Crippen molar-refractivity contribution in [2.45, 2.75) is 38.1 Å². The smallest absolute Gasteiger partial charge is 0.404 e. The highest BCUT2D eigenvalue weighted by Crippen LogP contribution is 2.33. The normalized spacial score (nSPS) is 15.8. The fourth-order valence-corrected chi connectivity index (χ4v) is 2.84. The van der Waals surface area contributed by atoms with Crippen LogP contribution in [-0.2, 0) is 0 Å². The number of anilines is 1. The topological polar surface area (TPSA) is 33.3 Å². The molecule has 0 spiro atoms. The van der Waals surface area contributed by atoms with Crippen molar-refractivity contribution in [3.05, 3.63) is 22.7 Å². The third-order valence-corrected chi connectivity index (χ3v) is 3.82. The summed E-state index contributed by atoms with van der Waals surface area (Å²) in [5.41, 5.74) is 0.172. The van der Waals surface area contributed by atoms with Crippen LogP contribution in [0.4, 0.5) is 18.9 Å². The van der Waals surface area contributed by atoms with E-state index < -0.39 is 6.36 Å². The van der Waals surface area contributed by atoms with Crippen molar-refractivity contribution in [3.8, 4) is 5.75 Å². The molecule has 3 nitrogen and oxygen atoms in total. The van der Waals surface area contributed by atoms with Crippen LogP contribution < -0.4 is 15.4 Å². The average molecular weight is 383 g/mol. The van der Waals surface area contributed by atoms with E-state index in [1.54, 1.807) is 6.07 Å². The van der Waals surface area contributed by atoms with Crippen LogP contribution in [-0.4, -0.2) is 17.5 Å². The molecule has 8 heteroatoms. The van der Waals surface area contributed by atoms with Crippen molar-refractivity contribution in [3.63, 3.8) is 0 Å². The number of hydrogen-bond donors (Lipinski definition) is 2. The highest BCUT2D eigenvalue weighted by molar-refractivity contribution is 9.10. The van der Waals surface area contributed by atoms with E-state index in [2.05, 4.69) is 31.3 Å². The molecule has 1 aromatic carbocycles. The Balaban J connectivity index is 2.05. The molecule has 1 aliphatic carbocycles. The number of alkyl halides is 3. The zero-order valence-corrected chi connectivity index (χ0v) is 13.4. The van der Waals surface area contributed by atoms with Gasteiger partial charge < -0.3 is 15.4 Å². The van der Waals surface area contributed by atoms with Gasteiger partial charge >= 0.3 is 6.36 Å². The summed E-state index contributed by atoms with van der Waals surface area (Å²) in [4.78, 5) is 0. The van der Waals surface area contributed by atoms with Gasteiger partial charge in [-0.25, -0.2) is 0 Å². The molecule has 0 amide bonds. The Morgan fingerprint density at radius 1 is 1.29 bits per heavy atom. The fraction of sp³-hybridized carbons (Fsp3) is 0.462. The van der Waals surface area contributed by atoms with E-state index in [1.807, 2.05) is 0 Å². The third-order valence-electron chi connectivity index (χ3n) is 3.11. The van der Waals surface area contributed by atoms with Gasteiger partial charge in [0.1, 0.15) is 0 Å². The van der Waals surface area contributed by atoms with Gasteiger partial charge in [0.05, 0.1) is 5.69 Å². The van der Waals surface area contributed by atoms with Crippen LogP contribution in [0.25, 0.3) is 0 Å². The first-order valence-electron chi connectivity index (χ1n) is 6.46. The monoisotopic (exact) mass is 382 g/mol. The van der Waals surface area contributed by atoms with Gasteiger partial charge in [0.2, 0.25) is 0 Å². The second kappa shape index (κ2) is 6.83. The Morgan fingerprint density at radius 3 is 2.57 bits per heavy atom. The van der Waals surface area contributed by atoms with Crippen molar-refractivity contribution in [2.24, 2.45) is 0 Å². The van der Waals surface area contributed by atoms with Gasteiger partial charge in [-0.1, -0.05) is 28.8 Å². The van der Waals surface area contributed by atoms with Gasteiger partial charge in [0, 0.05) is 10.5 Å². The summed E-state index contributed by atoms with van der Waals surface area (Å²) in [5, 5.41) is 6.17. The minimum Gasteiger partial charge on any atom is -0.404 e. The number of nitrogens with one attached hydrogen (secondary N) is 2. The highest BCUT2D eigenvalue weighted by Gasteiger charge is 2.32. The molecule has 0 bridgehead atoms. The molecular formula is C13H14BrF3N2OS. The average Bonchev–Trinajstić information content (AvgIpc) is 2.83. The van der Waals surface area contributed by atoms with Gasteiger partial charge in [-0.05, 0) is 43.3 Å². The lowest BCUT2D eigenvalue weighted by Gasteiger charge is -2.18. The second-order valence-corrected chi connectivity index (χ2v) is 6.09. The van der Waals surface area contributed by atoms with Gasteiger partial charge in [-0.15, -0.1) is 13.2 Å².